The number of nitrogens with zero attached hydrogens (tertiary/aromatic N) is 3. The van der Waals surface area contributed by atoms with E-state index in [0.717, 1.165) is 42.6 Å². The molecule has 4 aromatic rings. The molecule has 0 bridgehead atoms. The van der Waals surface area contributed by atoms with Gasteiger partial charge in [-0.3, -0.25) is 9.69 Å². The van der Waals surface area contributed by atoms with Crippen molar-refractivity contribution in [3.8, 4) is 0 Å². The Labute approximate surface area is 235 Å². The molecule has 2 aromatic heterocycles. The highest BCUT2D eigenvalue weighted by molar-refractivity contribution is 7.91. The molecule has 0 unspecified atom stereocenters. The van der Waals surface area contributed by atoms with E-state index in [4.69, 9.17) is 9.97 Å². The summed E-state index contributed by atoms with van der Waals surface area (Å²) in [6.45, 7) is 4.01. The monoisotopic (exact) mass is 560 g/mol. The molecule has 9 nitrogen and oxygen atoms in total. The molecular weight excluding hydrogens is 524 g/mol. The van der Waals surface area contributed by atoms with E-state index in [9.17, 15) is 13.2 Å². The van der Waals surface area contributed by atoms with Gasteiger partial charge in [-0.1, -0.05) is 43.3 Å². The third-order valence-corrected chi connectivity index (χ3v) is 9.24. The molecule has 0 spiro atoms. The highest BCUT2D eigenvalue weighted by atomic mass is 32.2. The summed E-state index contributed by atoms with van der Waals surface area (Å²) >= 11 is 0. The molecule has 5 rings (SSSR count). The fourth-order valence-corrected chi connectivity index (χ4v) is 6.28. The molecule has 0 amide bonds. The van der Waals surface area contributed by atoms with Crippen molar-refractivity contribution >= 4 is 38.2 Å². The van der Waals surface area contributed by atoms with Gasteiger partial charge in [0.2, 0.25) is 0 Å². The number of piperidine rings is 1. The number of likely N-dealkylation sites (tertiary alicyclic amines) is 1. The Morgan fingerprint density at radius 3 is 2.60 bits per heavy atom. The smallest absolute Gasteiger partial charge is 0.180 e. The topological polar surface area (TPSA) is 120 Å². The van der Waals surface area contributed by atoms with E-state index in [2.05, 4.69) is 20.5 Å². The number of rotatable bonds is 11. The van der Waals surface area contributed by atoms with Gasteiger partial charge in [-0.25, -0.2) is 18.4 Å². The summed E-state index contributed by atoms with van der Waals surface area (Å²) in [4.78, 5) is 28.0. The zero-order valence-corrected chi connectivity index (χ0v) is 23.8. The zero-order chi connectivity index (χ0) is 28.1. The summed E-state index contributed by atoms with van der Waals surface area (Å²) in [6, 6.07) is 17.3. The number of aromatic amines is 1. The number of ketones is 1. The zero-order valence-electron chi connectivity index (χ0n) is 23.0. The van der Waals surface area contributed by atoms with E-state index < -0.39 is 9.84 Å². The van der Waals surface area contributed by atoms with Crippen molar-refractivity contribution < 1.29 is 13.2 Å². The van der Waals surface area contributed by atoms with Crippen LogP contribution < -0.4 is 10.6 Å². The maximum Gasteiger partial charge on any atom is 0.180 e. The predicted molar refractivity (Wildman–Crippen MR) is 158 cm³/mol. The minimum atomic E-state index is -3.43. The Kier molecular flexibility index (Phi) is 8.58. The molecule has 1 saturated heterocycles. The number of carbonyl (C=O) groups excluding carboxylic acids is 1. The van der Waals surface area contributed by atoms with Crippen LogP contribution in [0.4, 0.5) is 11.5 Å². The van der Waals surface area contributed by atoms with Gasteiger partial charge in [-0.05, 0) is 49.2 Å². The number of carbonyl (C=O) groups is 1. The lowest BCUT2D eigenvalue weighted by Gasteiger charge is -2.31. The molecule has 210 valence electrons. The van der Waals surface area contributed by atoms with E-state index in [0.29, 0.717) is 48.3 Å². The maximum absolute atomic E-state index is 12.8. The molecule has 0 aliphatic carbocycles. The molecule has 3 heterocycles. The first-order valence-electron chi connectivity index (χ1n) is 13.8. The largest absolute Gasteiger partial charge is 0.357 e. The number of para-hydroxylation sites is 1. The van der Waals surface area contributed by atoms with Crippen molar-refractivity contribution in [1.29, 1.82) is 0 Å². The van der Waals surface area contributed by atoms with Crippen molar-refractivity contribution in [2.75, 3.05) is 37.8 Å². The molecule has 2 aromatic carbocycles. The third-order valence-electron chi connectivity index (χ3n) is 7.46. The van der Waals surface area contributed by atoms with Gasteiger partial charge in [-0.2, -0.15) is 0 Å². The van der Waals surface area contributed by atoms with Gasteiger partial charge in [0.1, 0.15) is 11.3 Å². The van der Waals surface area contributed by atoms with E-state index in [1.807, 2.05) is 37.4 Å². The van der Waals surface area contributed by atoms with E-state index in [-0.39, 0.29) is 16.4 Å². The Balaban J connectivity index is 1.32. The number of Topliss-reactive ketones (excluding diaryl/α,β-unsaturated/α-hetero) is 1. The van der Waals surface area contributed by atoms with Crippen LogP contribution in [0.2, 0.25) is 0 Å². The lowest BCUT2D eigenvalue weighted by molar-refractivity contribution is -0.119. The van der Waals surface area contributed by atoms with Gasteiger partial charge in [0.15, 0.2) is 21.4 Å². The summed E-state index contributed by atoms with van der Waals surface area (Å²) in [6.07, 6.45) is 4.80. The molecule has 0 saturated carbocycles. The van der Waals surface area contributed by atoms with Crippen LogP contribution in [-0.4, -0.2) is 72.5 Å². The number of aromatic nitrogens is 3. The second kappa shape index (κ2) is 12.3. The summed E-state index contributed by atoms with van der Waals surface area (Å²) < 4.78 is 25.3. The minimum Gasteiger partial charge on any atom is -0.357 e. The molecular formula is C30H36N6O3S. The Bertz CT molecular complexity index is 1590. The number of sulfone groups is 1. The highest BCUT2D eigenvalue weighted by Crippen LogP contribution is 2.28. The van der Waals surface area contributed by atoms with Gasteiger partial charge < -0.3 is 15.6 Å². The Hall–Kier alpha value is -3.60. The maximum atomic E-state index is 12.8. The van der Waals surface area contributed by atoms with Crippen LogP contribution in [0, 0.1) is 0 Å². The Morgan fingerprint density at radius 2 is 1.82 bits per heavy atom. The van der Waals surface area contributed by atoms with Crippen molar-refractivity contribution in [3.63, 3.8) is 0 Å². The first-order valence-corrected chi connectivity index (χ1v) is 15.4. The average molecular weight is 561 g/mol. The molecule has 1 aliphatic heterocycles. The van der Waals surface area contributed by atoms with Crippen LogP contribution in [0.25, 0.3) is 11.0 Å². The summed E-state index contributed by atoms with van der Waals surface area (Å²) in [5.41, 5.74) is 3.89. The lowest BCUT2D eigenvalue weighted by Crippen LogP contribution is -2.43. The summed E-state index contributed by atoms with van der Waals surface area (Å²) in [5, 5.41) is 6.56. The van der Waals surface area contributed by atoms with Crippen LogP contribution in [-0.2, 0) is 27.5 Å². The fraction of sp³-hybridized carbons (Fsp3) is 0.367. The molecule has 40 heavy (non-hydrogen) atoms. The number of benzene rings is 2. The third kappa shape index (κ3) is 6.57. The molecule has 1 aliphatic rings. The van der Waals surface area contributed by atoms with Gasteiger partial charge in [0.05, 0.1) is 28.4 Å². The van der Waals surface area contributed by atoms with E-state index in [1.165, 1.54) is 0 Å². The van der Waals surface area contributed by atoms with Crippen molar-refractivity contribution in [3.05, 3.63) is 77.7 Å². The predicted octanol–water partition coefficient (Wildman–Crippen LogP) is 3.88. The van der Waals surface area contributed by atoms with Crippen LogP contribution >= 0.6 is 0 Å². The average Bonchev–Trinajstić information content (AvgIpc) is 3.43. The minimum absolute atomic E-state index is 0.00626. The van der Waals surface area contributed by atoms with E-state index >= 15 is 0 Å². The second-order valence-corrected chi connectivity index (χ2v) is 12.5. The number of H-pyrrole nitrogens is 1. The molecule has 0 atom stereocenters. The first kappa shape index (κ1) is 27.9. The second-order valence-electron chi connectivity index (χ2n) is 10.3. The SMILES string of the molecule is CCS(=O)(=O)c1ccccc1Nc1nc(Cc2cccc(CC(=O)CN3CCC(NC)CC3)c2)nc2cc[nH]c12. The normalized spacial score (nSPS) is 14.9. The first-order chi connectivity index (χ1) is 19.3. The van der Waals surface area contributed by atoms with Crippen LogP contribution in [0.3, 0.4) is 0 Å². The van der Waals surface area contributed by atoms with Crippen LogP contribution in [0.1, 0.15) is 36.7 Å². The standard InChI is InChI=1S/C30H36N6O3S/c1-3-40(38,39)27-10-5-4-9-25(27)34-30-29-26(11-14-32-29)33-28(35-30)19-22-8-6-7-21(17-22)18-24(37)20-36-15-12-23(31-2)13-16-36/h4-11,14,17,23,31-32H,3,12-13,15-16,18-20H2,1-2H3,(H,33,34,35). The quantitative estimate of drug-likeness (QED) is 0.253. The Morgan fingerprint density at radius 1 is 1.05 bits per heavy atom. The number of hydrogen-bond acceptors (Lipinski definition) is 8. The molecule has 1 fully saturated rings. The fourth-order valence-electron chi connectivity index (χ4n) is 5.23. The van der Waals surface area contributed by atoms with Crippen LogP contribution in [0.5, 0.6) is 0 Å². The molecule has 3 N–H and O–H groups in total. The van der Waals surface area contributed by atoms with Gasteiger partial charge in [0, 0.05) is 38.2 Å². The van der Waals surface area contributed by atoms with Gasteiger partial charge in [0.25, 0.3) is 0 Å². The van der Waals surface area contributed by atoms with E-state index in [1.54, 1.807) is 37.4 Å². The van der Waals surface area contributed by atoms with Crippen LogP contribution in [0.15, 0.2) is 65.7 Å². The number of nitrogens with one attached hydrogen (secondary N) is 3. The van der Waals surface area contributed by atoms with Gasteiger partial charge >= 0.3 is 0 Å². The molecule has 0 radical (unpaired) electrons. The summed E-state index contributed by atoms with van der Waals surface area (Å²) in [7, 11) is -1.43. The number of hydrogen-bond donors (Lipinski definition) is 3. The van der Waals surface area contributed by atoms with Crippen molar-refractivity contribution in [2.24, 2.45) is 0 Å². The van der Waals surface area contributed by atoms with Crippen molar-refractivity contribution in [1.82, 2.24) is 25.2 Å². The summed E-state index contributed by atoms with van der Waals surface area (Å²) in [5.74, 6) is 1.34. The number of anilines is 2. The molecule has 10 heteroatoms. The highest BCUT2D eigenvalue weighted by Gasteiger charge is 2.20. The lowest BCUT2D eigenvalue weighted by atomic mass is 10.0. The van der Waals surface area contributed by atoms with Crippen molar-refractivity contribution in [2.45, 2.75) is 43.5 Å². The number of fused-ring (bicyclic) bond motifs is 1. The van der Waals surface area contributed by atoms with Gasteiger partial charge in [-0.15, -0.1) is 0 Å².